The summed E-state index contributed by atoms with van der Waals surface area (Å²) in [7, 11) is 1.90. The molecule has 6 heteroatoms. The molecule has 0 aliphatic rings. The van der Waals surface area contributed by atoms with Gasteiger partial charge in [0.2, 0.25) is 0 Å². The monoisotopic (exact) mass is 369 g/mol. The Labute approximate surface area is 157 Å². The number of aromatic nitrogens is 2. The molecule has 1 aromatic heterocycles. The van der Waals surface area contributed by atoms with Crippen LogP contribution in [-0.2, 0) is 11.8 Å². The zero-order chi connectivity index (χ0) is 18.5. The van der Waals surface area contributed by atoms with Crippen LogP contribution in [-0.4, -0.2) is 22.1 Å². The van der Waals surface area contributed by atoms with E-state index in [-0.39, 0.29) is 18.6 Å². The molecule has 1 heterocycles. The first-order chi connectivity index (χ1) is 12.5. The van der Waals surface area contributed by atoms with Crippen molar-refractivity contribution in [3.8, 4) is 5.75 Å². The molecule has 0 fully saturated rings. The molecule has 26 heavy (non-hydrogen) atoms. The summed E-state index contributed by atoms with van der Waals surface area (Å²) >= 11 is 6.11. The lowest BCUT2D eigenvalue weighted by atomic mass is 10.1. The van der Waals surface area contributed by atoms with Crippen LogP contribution in [0.1, 0.15) is 23.0 Å². The van der Waals surface area contributed by atoms with Crippen LogP contribution in [0.5, 0.6) is 5.75 Å². The van der Waals surface area contributed by atoms with E-state index in [1.165, 1.54) is 0 Å². The van der Waals surface area contributed by atoms with Gasteiger partial charge in [-0.25, -0.2) is 4.98 Å². The maximum atomic E-state index is 12.5. The van der Waals surface area contributed by atoms with E-state index in [9.17, 15) is 4.79 Å². The van der Waals surface area contributed by atoms with Crippen molar-refractivity contribution >= 4 is 17.5 Å². The Kier molecular flexibility index (Phi) is 5.58. The van der Waals surface area contributed by atoms with Crippen LogP contribution < -0.4 is 10.1 Å². The van der Waals surface area contributed by atoms with Crippen molar-refractivity contribution < 1.29 is 9.53 Å². The van der Waals surface area contributed by atoms with Crippen LogP contribution in [0.4, 0.5) is 0 Å². The molecule has 1 atom stereocenters. The zero-order valence-corrected chi connectivity index (χ0v) is 15.4. The first kappa shape index (κ1) is 18.0. The molecule has 0 aliphatic carbocycles. The fourth-order valence-corrected chi connectivity index (χ4v) is 2.84. The second kappa shape index (κ2) is 8.06. The van der Waals surface area contributed by atoms with E-state index in [4.69, 9.17) is 16.3 Å². The van der Waals surface area contributed by atoms with E-state index >= 15 is 0 Å². The Balaban J connectivity index is 1.74. The summed E-state index contributed by atoms with van der Waals surface area (Å²) in [5, 5.41) is 3.47. The summed E-state index contributed by atoms with van der Waals surface area (Å²) in [4.78, 5) is 16.9. The highest BCUT2D eigenvalue weighted by atomic mass is 35.5. The van der Waals surface area contributed by atoms with Crippen LogP contribution in [0.15, 0.2) is 60.9 Å². The van der Waals surface area contributed by atoms with Crippen molar-refractivity contribution in [2.24, 2.45) is 7.05 Å². The first-order valence-electron chi connectivity index (χ1n) is 8.25. The number of nitrogens with one attached hydrogen (secondary N) is 1. The Hall–Kier alpha value is -2.79. The predicted octanol–water partition coefficient (Wildman–Crippen LogP) is 3.67. The van der Waals surface area contributed by atoms with Gasteiger partial charge in [-0.3, -0.25) is 4.79 Å². The predicted molar refractivity (Wildman–Crippen MR) is 101 cm³/mol. The number of benzene rings is 2. The lowest BCUT2D eigenvalue weighted by molar-refractivity contribution is -0.123. The maximum absolute atomic E-state index is 12.5. The summed E-state index contributed by atoms with van der Waals surface area (Å²) in [6.45, 7) is 1.81. The van der Waals surface area contributed by atoms with Crippen molar-refractivity contribution in [1.82, 2.24) is 14.9 Å². The molecule has 1 N–H and O–H groups in total. The number of hydrogen-bond acceptors (Lipinski definition) is 3. The smallest absolute Gasteiger partial charge is 0.258 e. The topological polar surface area (TPSA) is 56.1 Å². The third-order valence-electron chi connectivity index (χ3n) is 4.00. The third kappa shape index (κ3) is 4.24. The van der Waals surface area contributed by atoms with Gasteiger partial charge in [0.25, 0.3) is 5.91 Å². The van der Waals surface area contributed by atoms with Crippen LogP contribution in [0.25, 0.3) is 0 Å². The highest BCUT2D eigenvalue weighted by Gasteiger charge is 2.20. The first-order valence-corrected chi connectivity index (χ1v) is 8.63. The van der Waals surface area contributed by atoms with Crippen LogP contribution in [0, 0.1) is 6.92 Å². The molecule has 0 spiro atoms. The quantitative estimate of drug-likeness (QED) is 0.721. The number of hydrogen-bond donors (Lipinski definition) is 1. The Morgan fingerprint density at radius 1 is 1.27 bits per heavy atom. The summed E-state index contributed by atoms with van der Waals surface area (Å²) in [5.41, 5.74) is 1.96. The highest BCUT2D eigenvalue weighted by molar-refractivity contribution is 6.32. The average molecular weight is 370 g/mol. The molecular weight excluding hydrogens is 350 g/mol. The van der Waals surface area contributed by atoms with Crippen molar-refractivity contribution in [2.75, 3.05) is 6.61 Å². The molecule has 0 saturated carbocycles. The van der Waals surface area contributed by atoms with Gasteiger partial charge >= 0.3 is 0 Å². The fraction of sp³-hybridized carbons (Fsp3) is 0.200. The number of amides is 1. The lowest BCUT2D eigenvalue weighted by Gasteiger charge is -2.19. The van der Waals surface area contributed by atoms with Gasteiger partial charge in [0.05, 0.1) is 5.02 Å². The third-order valence-corrected chi connectivity index (χ3v) is 4.31. The van der Waals surface area contributed by atoms with Gasteiger partial charge in [-0.1, -0.05) is 48.0 Å². The average Bonchev–Trinajstić information content (AvgIpc) is 3.07. The fourth-order valence-electron chi connectivity index (χ4n) is 2.66. The maximum Gasteiger partial charge on any atom is 0.258 e. The molecule has 134 valence electrons. The minimum Gasteiger partial charge on any atom is -0.482 e. The molecular formula is C20H20ClN3O2. The van der Waals surface area contributed by atoms with Crippen molar-refractivity contribution in [3.05, 3.63) is 82.9 Å². The van der Waals surface area contributed by atoms with E-state index < -0.39 is 0 Å². The molecule has 2 aromatic carbocycles. The molecule has 0 aliphatic heterocycles. The van der Waals surface area contributed by atoms with Gasteiger partial charge in [-0.2, -0.15) is 0 Å². The Morgan fingerprint density at radius 2 is 2.04 bits per heavy atom. The number of carbonyl (C=O) groups excluding carboxylic acids is 1. The lowest BCUT2D eigenvalue weighted by Crippen LogP contribution is -2.34. The number of halogens is 1. The van der Waals surface area contributed by atoms with Gasteiger partial charge in [0.1, 0.15) is 17.6 Å². The number of nitrogens with zero attached hydrogens (tertiary/aromatic N) is 2. The molecule has 3 rings (SSSR count). The van der Waals surface area contributed by atoms with Gasteiger partial charge in [0, 0.05) is 19.4 Å². The number of aryl methyl sites for hydroxylation is 2. The summed E-state index contributed by atoms with van der Waals surface area (Å²) in [6, 6.07) is 14.8. The Bertz CT molecular complexity index is 893. The number of rotatable bonds is 6. The molecule has 1 amide bonds. The van der Waals surface area contributed by atoms with Crippen LogP contribution in [0.2, 0.25) is 5.02 Å². The second-order valence-electron chi connectivity index (χ2n) is 6.03. The van der Waals surface area contributed by atoms with Gasteiger partial charge in [-0.05, 0) is 30.2 Å². The van der Waals surface area contributed by atoms with Gasteiger partial charge in [-0.15, -0.1) is 0 Å². The molecule has 1 unspecified atom stereocenters. The van der Waals surface area contributed by atoms with Crippen molar-refractivity contribution in [1.29, 1.82) is 0 Å². The zero-order valence-electron chi connectivity index (χ0n) is 14.6. The molecule has 3 aromatic rings. The van der Waals surface area contributed by atoms with E-state index in [0.717, 1.165) is 17.0 Å². The molecule has 0 saturated heterocycles. The normalized spacial score (nSPS) is 11.8. The van der Waals surface area contributed by atoms with Crippen LogP contribution in [0.3, 0.4) is 0 Å². The van der Waals surface area contributed by atoms with E-state index in [1.54, 1.807) is 12.3 Å². The minimum atomic E-state index is -0.361. The standard InChI is InChI=1S/C20H20ClN3O2/c1-14-8-9-16(21)17(12-14)26-13-18(25)23-19(15-6-4-3-5-7-15)20-22-10-11-24(20)2/h3-12,19H,13H2,1-2H3,(H,23,25). The van der Waals surface area contributed by atoms with Crippen molar-refractivity contribution in [2.45, 2.75) is 13.0 Å². The number of ether oxygens (including phenoxy) is 1. The Morgan fingerprint density at radius 3 is 2.73 bits per heavy atom. The largest absolute Gasteiger partial charge is 0.482 e. The minimum absolute atomic E-state index is 0.128. The molecule has 5 nitrogen and oxygen atoms in total. The van der Waals surface area contributed by atoms with E-state index in [1.807, 2.05) is 67.2 Å². The summed E-state index contributed by atoms with van der Waals surface area (Å²) in [5.74, 6) is 0.993. The number of imidazole rings is 1. The van der Waals surface area contributed by atoms with Crippen molar-refractivity contribution in [3.63, 3.8) is 0 Å². The molecule has 0 radical (unpaired) electrons. The van der Waals surface area contributed by atoms with Gasteiger partial charge in [0.15, 0.2) is 6.61 Å². The van der Waals surface area contributed by atoms with E-state index in [0.29, 0.717) is 10.8 Å². The summed E-state index contributed by atoms with van der Waals surface area (Å²) in [6.07, 6.45) is 3.56. The second-order valence-corrected chi connectivity index (χ2v) is 6.44. The van der Waals surface area contributed by atoms with E-state index in [2.05, 4.69) is 10.3 Å². The SMILES string of the molecule is Cc1ccc(Cl)c(OCC(=O)NC(c2ccccc2)c2nccn2C)c1. The number of carbonyl (C=O) groups is 1. The molecule has 0 bridgehead atoms. The highest BCUT2D eigenvalue weighted by Crippen LogP contribution is 2.25. The van der Waals surface area contributed by atoms with Gasteiger partial charge < -0.3 is 14.6 Å². The van der Waals surface area contributed by atoms with Crippen LogP contribution >= 0.6 is 11.6 Å². The summed E-state index contributed by atoms with van der Waals surface area (Å²) < 4.78 is 7.48.